The molecular weight excluding hydrogens is 346 g/mol. The molecule has 4 N–H and O–H groups in total. The first-order valence-corrected chi connectivity index (χ1v) is 8.48. The van der Waals surface area contributed by atoms with Gasteiger partial charge in [0.1, 0.15) is 4.88 Å². The number of aromatic nitrogens is 1. The molecule has 0 aliphatic carbocycles. The van der Waals surface area contributed by atoms with Gasteiger partial charge in [0.2, 0.25) is 0 Å². The van der Waals surface area contributed by atoms with Gasteiger partial charge < -0.3 is 15.8 Å². The highest BCUT2D eigenvalue weighted by Crippen LogP contribution is 2.34. The highest BCUT2D eigenvalue weighted by molar-refractivity contribution is 7.20. The number of carbonyl (C=O) groups is 1. The molecule has 3 rings (SSSR count). The average molecular weight is 363 g/mol. The monoisotopic (exact) mass is 362 g/mol. The van der Waals surface area contributed by atoms with Crippen LogP contribution in [-0.2, 0) is 11.3 Å². The van der Waals surface area contributed by atoms with Gasteiger partial charge in [-0.05, 0) is 18.2 Å². The lowest BCUT2D eigenvalue weighted by Crippen LogP contribution is -2.12. The maximum atomic E-state index is 12.6. The zero-order valence-electron chi connectivity index (χ0n) is 13.3. The standard InChI is InChI=1S/C17H16ClN3O2S/c1-9-6-10(8-23-2)13-14(19)15(24-17(13)20-9)16(22)21-12-5-3-4-11(18)7-12/h3-7H,8,19H2,1-2H3,(H,21,22)/p+1. The number of thiophene rings is 1. The van der Waals surface area contributed by atoms with Crippen LogP contribution < -0.4 is 16.0 Å². The smallest absolute Gasteiger partial charge is 0.270 e. The van der Waals surface area contributed by atoms with E-state index in [1.165, 1.54) is 11.3 Å². The molecule has 5 nitrogen and oxygen atoms in total. The summed E-state index contributed by atoms with van der Waals surface area (Å²) in [5.41, 5.74) is 9.28. The second-order valence-corrected chi connectivity index (χ2v) is 6.88. The number of halogens is 1. The number of nitrogens with two attached hydrogens (primary N) is 1. The molecule has 1 amide bonds. The van der Waals surface area contributed by atoms with E-state index in [9.17, 15) is 4.79 Å². The normalized spacial score (nSPS) is 11.0. The van der Waals surface area contributed by atoms with E-state index in [2.05, 4.69) is 10.3 Å². The third kappa shape index (κ3) is 3.21. The van der Waals surface area contributed by atoms with E-state index in [0.717, 1.165) is 21.5 Å². The van der Waals surface area contributed by atoms with Gasteiger partial charge in [-0.3, -0.25) is 4.79 Å². The number of methoxy groups -OCH3 is 1. The maximum Gasteiger partial charge on any atom is 0.270 e. The summed E-state index contributed by atoms with van der Waals surface area (Å²) < 4.78 is 5.24. The lowest BCUT2D eigenvalue weighted by molar-refractivity contribution is -0.351. The van der Waals surface area contributed by atoms with Crippen LogP contribution in [0.15, 0.2) is 30.3 Å². The summed E-state index contributed by atoms with van der Waals surface area (Å²) in [7, 11) is 1.63. The SMILES string of the molecule is COCc1cc(C)[nH+]c2sc(C(=O)Nc3cccc(Cl)c3)c(N)c12. The Hall–Kier alpha value is -2.15. The summed E-state index contributed by atoms with van der Waals surface area (Å²) in [6.45, 7) is 2.39. The molecule has 0 saturated carbocycles. The number of amides is 1. The number of H-pyrrole nitrogens is 1. The number of hydrogen-bond acceptors (Lipinski definition) is 4. The van der Waals surface area contributed by atoms with E-state index >= 15 is 0 Å². The first kappa shape index (κ1) is 16.7. The molecule has 7 heteroatoms. The van der Waals surface area contributed by atoms with Crippen LogP contribution in [0.2, 0.25) is 5.02 Å². The van der Waals surface area contributed by atoms with Crippen LogP contribution in [0.25, 0.3) is 10.2 Å². The van der Waals surface area contributed by atoms with E-state index in [0.29, 0.717) is 27.9 Å². The van der Waals surface area contributed by atoms with Gasteiger partial charge in [0.05, 0.1) is 17.7 Å². The van der Waals surface area contributed by atoms with Crippen molar-refractivity contribution >= 4 is 50.4 Å². The summed E-state index contributed by atoms with van der Waals surface area (Å²) in [5.74, 6) is -0.259. The van der Waals surface area contributed by atoms with E-state index in [-0.39, 0.29) is 5.91 Å². The average Bonchev–Trinajstić information content (AvgIpc) is 2.84. The van der Waals surface area contributed by atoms with Crippen molar-refractivity contribution in [1.29, 1.82) is 0 Å². The van der Waals surface area contributed by atoms with Gasteiger partial charge in [-0.25, -0.2) is 0 Å². The number of nitrogen functional groups attached to an aromatic ring is 1. The Bertz CT molecular complexity index is 924. The Kier molecular flexibility index (Phi) is 4.71. The first-order valence-electron chi connectivity index (χ1n) is 7.29. The predicted molar refractivity (Wildman–Crippen MR) is 97.6 cm³/mol. The second kappa shape index (κ2) is 6.76. The van der Waals surface area contributed by atoms with Gasteiger partial charge in [0, 0.05) is 36.4 Å². The Morgan fingerprint density at radius 1 is 1.42 bits per heavy atom. The molecule has 0 atom stereocenters. The van der Waals surface area contributed by atoms with E-state index < -0.39 is 0 Å². The Morgan fingerprint density at radius 3 is 2.92 bits per heavy atom. The van der Waals surface area contributed by atoms with Crippen LogP contribution in [0.3, 0.4) is 0 Å². The molecule has 0 radical (unpaired) electrons. The Labute approximate surface area is 148 Å². The fourth-order valence-electron chi connectivity index (χ4n) is 2.59. The fourth-order valence-corrected chi connectivity index (χ4v) is 3.90. The molecule has 24 heavy (non-hydrogen) atoms. The van der Waals surface area contributed by atoms with Gasteiger partial charge in [0.15, 0.2) is 5.69 Å². The summed E-state index contributed by atoms with van der Waals surface area (Å²) in [5, 5.41) is 4.22. The highest BCUT2D eigenvalue weighted by atomic mass is 35.5. The summed E-state index contributed by atoms with van der Waals surface area (Å²) >= 11 is 7.28. The minimum atomic E-state index is -0.259. The van der Waals surface area contributed by atoms with E-state index in [1.807, 2.05) is 13.0 Å². The van der Waals surface area contributed by atoms with Crippen LogP contribution in [-0.4, -0.2) is 13.0 Å². The molecule has 0 fully saturated rings. The van der Waals surface area contributed by atoms with Gasteiger partial charge in [-0.2, -0.15) is 4.98 Å². The van der Waals surface area contributed by atoms with Crippen molar-refractivity contribution < 1.29 is 14.5 Å². The first-order chi connectivity index (χ1) is 11.5. The molecule has 2 heterocycles. The third-order valence-corrected chi connectivity index (χ3v) is 4.91. The van der Waals surface area contributed by atoms with Crippen molar-refractivity contribution in [1.82, 2.24) is 0 Å². The number of rotatable bonds is 4. The number of anilines is 2. The molecule has 0 aliphatic rings. The van der Waals surface area contributed by atoms with Crippen molar-refractivity contribution in [3.05, 3.63) is 51.5 Å². The number of pyridine rings is 1. The van der Waals surface area contributed by atoms with Gasteiger partial charge in [0.25, 0.3) is 10.7 Å². The van der Waals surface area contributed by atoms with Crippen LogP contribution in [0.5, 0.6) is 0 Å². The highest BCUT2D eigenvalue weighted by Gasteiger charge is 2.23. The van der Waals surface area contributed by atoms with Crippen LogP contribution in [0, 0.1) is 6.92 Å². The summed E-state index contributed by atoms with van der Waals surface area (Å²) in [6, 6.07) is 8.98. The van der Waals surface area contributed by atoms with E-state index in [1.54, 1.807) is 31.4 Å². The predicted octanol–water partition coefficient (Wildman–Crippen LogP) is 3.66. The Balaban J connectivity index is 2.02. The van der Waals surface area contributed by atoms with Crippen LogP contribution in [0.4, 0.5) is 11.4 Å². The van der Waals surface area contributed by atoms with Gasteiger partial charge in [-0.15, -0.1) is 0 Å². The maximum absolute atomic E-state index is 12.6. The zero-order valence-corrected chi connectivity index (χ0v) is 14.8. The van der Waals surface area contributed by atoms with Crippen LogP contribution >= 0.6 is 22.9 Å². The number of nitrogens with one attached hydrogen (secondary N) is 2. The Morgan fingerprint density at radius 2 is 2.21 bits per heavy atom. The lowest BCUT2D eigenvalue weighted by Gasteiger charge is -2.05. The van der Waals surface area contributed by atoms with Crippen molar-refractivity contribution in [2.75, 3.05) is 18.2 Å². The molecule has 0 bridgehead atoms. The number of fused-ring (bicyclic) bond motifs is 1. The number of carbonyl (C=O) groups excluding carboxylic acids is 1. The molecule has 0 unspecified atom stereocenters. The molecule has 1 aromatic carbocycles. The van der Waals surface area contributed by atoms with Crippen molar-refractivity contribution in [3.8, 4) is 0 Å². The second-order valence-electron chi connectivity index (χ2n) is 5.42. The van der Waals surface area contributed by atoms with Gasteiger partial charge >= 0.3 is 0 Å². The number of ether oxygens (including phenoxy) is 1. The number of aromatic amines is 1. The minimum Gasteiger partial charge on any atom is -0.397 e. The summed E-state index contributed by atoms with van der Waals surface area (Å²) in [6.07, 6.45) is 0. The molecular formula is C17H17ClN3O2S+. The number of hydrogen-bond donors (Lipinski definition) is 2. The van der Waals surface area contributed by atoms with Crippen molar-refractivity contribution in [3.63, 3.8) is 0 Å². The number of benzene rings is 1. The lowest BCUT2D eigenvalue weighted by atomic mass is 10.1. The van der Waals surface area contributed by atoms with Crippen molar-refractivity contribution in [2.24, 2.45) is 0 Å². The third-order valence-electron chi connectivity index (χ3n) is 3.56. The van der Waals surface area contributed by atoms with Gasteiger partial charge in [-0.1, -0.05) is 29.0 Å². The minimum absolute atomic E-state index is 0.259. The molecule has 3 aromatic rings. The summed E-state index contributed by atoms with van der Waals surface area (Å²) in [4.78, 5) is 17.2. The number of aryl methyl sites for hydroxylation is 1. The fraction of sp³-hybridized carbons (Fsp3) is 0.176. The molecule has 0 saturated heterocycles. The largest absolute Gasteiger partial charge is 0.397 e. The van der Waals surface area contributed by atoms with Crippen molar-refractivity contribution in [2.45, 2.75) is 13.5 Å². The molecule has 0 spiro atoms. The molecule has 0 aliphatic heterocycles. The molecule has 2 aromatic heterocycles. The van der Waals surface area contributed by atoms with Crippen LogP contribution in [0.1, 0.15) is 20.9 Å². The van der Waals surface area contributed by atoms with E-state index in [4.69, 9.17) is 22.1 Å². The molecule has 124 valence electrons. The topological polar surface area (TPSA) is 78.5 Å². The quantitative estimate of drug-likeness (QED) is 0.743. The zero-order chi connectivity index (χ0) is 17.3.